The Morgan fingerprint density at radius 3 is 2.64 bits per heavy atom. The second-order valence-electron chi connectivity index (χ2n) is 10.7. The van der Waals surface area contributed by atoms with E-state index in [4.69, 9.17) is 4.43 Å². The minimum absolute atomic E-state index is 0.377. The summed E-state index contributed by atoms with van der Waals surface area (Å²) in [5.41, 5.74) is 1.89. The van der Waals surface area contributed by atoms with Gasteiger partial charge in [0.2, 0.25) is 0 Å². The Labute approximate surface area is 154 Å². The van der Waals surface area contributed by atoms with E-state index in [2.05, 4.69) is 33.5 Å². The molecular formula is C22H36O2Si. The van der Waals surface area contributed by atoms with Crippen LogP contribution in [-0.4, -0.2) is 20.2 Å². The van der Waals surface area contributed by atoms with Crippen molar-refractivity contribution in [3.8, 4) is 0 Å². The van der Waals surface area contributed by atoms with Gasteiger partial charge in [0.25, 0.3) is 0 Å². The number of carbonyl (C=O) groups is 1. The van der Waals surface area contributed by atoms with E-state index < -0.39 is 8.32 Å². The van der Waals surface area contributed by atoms with E-state index >= 15 is 0 Å². The van der Waals surface area contributed by atoms with Crippen LogP contribution in [0, 0.1) is 35.0 Å². The van der Waals surface area contributed by atoms with Crippen molar-refractivity contribution in [1.82, 2.24) is 0 Å². The number of ketones is 1. The van der Waals surface area contributed by atoms with Crippen LogP contribution in [0.5, 0.6) is 0 Å². The zero-order chi connectivity index (χ0) is 18.0. The molecule has 0 radical (unpaired) electrons. The first kappa shape index (κ1) is 18.0. The maximum absolute atomic E-state index is 11.9. The summed E-state index contributed by atoms with van der Waals surface area (Å²) in [4.78, 5) is 11.9. The van der Waals surface area contributed by atoms with Gasteiger partial charge in [-0.1, -0.05) is 19.4 Å². The molecule has 0 aliphatic heterocycles. The number of rotatable bonds is 2. The van der Waals surface area contributed by atoms with Gasteiger partial charge in [-0.25, -0.2) is 0 Å². The Morgan fingerprint density at radius 1 is 1.16 bits per heavy atom. The van der Waals surface area contributed by atoms with E-state index in [0.717, 1.165) is 36.5 Å². The van der Waals surface area contributed by atoms with Crippen molar-refractivity contribution in [2.24, 2.45) is 35.0 Å². The van der Waals surface area contributed by atoms with Crippen molar-refractivity contribution >= 4 is 14.1 Å². The first-order valence-electron chi connectivity index (χ1n) is 10.6. The summed E-state index contributed by atoms with van der Waals surface area (Å²) in [6.45, 7) is 12.0. The molecule has 4 aliphatic carbocycles. The first-order chi connectivity index (χ1) is 11.7. The first-order valence-corrected chi connectivity index (χ1v) is 14.0. The van der Waals surface area contributed by atoms with Crippen molar-refractivity contribution in [1.29, 1.82) is 0 Å². The summed E-state index contributed by atoms with van der Waals surface area (Å²) in [7, 11) is -1.49. The molecule has 0 spiro atoms. The average molecular weight is 361 g/mol. The van der Waals surface area contributed by atoms with E-state index in [0.29, 0.717) is 23.2 Å². The van der Waals surface area contributed by atoms with Crippen LogP contribution in [0.1, 0.15) is 58.8 Å². The third-order valence-corrected chi connectivity index (χ3v) is 9.04. The Hall–Kier alpha value is -0.413. The normalized spacial score (nSPS) is 46.9. The van der Waals surface area contributed by atoms with Gasteiger partial charge in [0, 0.05) is 6.42 Å². The van der Waals surface area contributed by atoms with Gasteiger partial charge in [0.15, 0.2) is 14.1 Å². The van der Waals surface area contributed by atoms with E-state index in [1.54, 1.807) is 0 Å². The average Bonchev–Trinajstić information content (AvgIpc) is 2.82. The molecule has 3 heteroatoms. The maximum atomic E-state index is 11.9. The highest BCUT2D eigenvalue weighted by atomic mass is 28.4. The van der Waals surface area contributed by atoms with Crippen LogP contribution in [0.2, 0.25) is 19.6 Å². The van der Waals surface area contributed by atoms with Crippen molar-refractivity contribution in [2.75, 3.05) is 0 Å². The van der Waals surface area contributed by atoms with Gasteiger partial charge in [-0.15, -0.1) is 0 Å². The maximum Gasteiger partial charge on any atom is 0.184 e. The van der Waals surface area contributed by atoms with Crippen LogP contribution in [0.4, 0.5) is 0 Å². The quantitative estimate of drug-likeness (QED) is 0.600. The molecule has 0 N–H and O–H groups in total. The Kier molecular flexibility index (Phi) is 4.35. The summed E-state index contributed by atoms with van der Waals surface area (Å²) in [6, 6.07) is 0. The summed E-state index contributed by atoms with van der Waals surface area (Å²) >= 11 is 0. The van der Waals surface area contributed by atoms with Gasteiger partial charge < -0.3 is 4.43 Å². The highest BCUT2D eigenvalue weighted by Gasteiger charge is 2.58. The third-order valence-electron chi connectivity index (χ3n) is 8.05. The molecule has 3 fully saturated rings. The molecule has 0 amide bonds. The smallest absolute Gasteiger partial charge is 0.184 e. The molecule has 0 saturated heterocycles. The molecule has 0 aromatic rings. The van der Waals surface area contributed by atoms with Gasteiger partial charge in [-0.2, -0.15) is 0 Å². The zero-order valence-electron chi connectivity index (χ0n) is 16.8. The van der Waals surface area contributed by atoms with Gasteiger partial charge in [-0.3, -0.25) is 4.79 Å². The minimum atomic E-state index is -1.49. The van der Waals surface area contributed by atoms with E-state index in [-0.39, 0.29) is 0 Å². The van der Waals surface area contributed by atoms with Gasteiger partial charge in [-0.05, 0) is 99.2 Å². The molecule has 0 heterocycles. The lowest BCUT2D eigenvalue weighted by Crippen LogP contribution is -2.51. The van der Waals surface area contributed by atoms with Crippen LogP contribution in [0.25, 0.3) is 0 Å². The van der Waals surface area contributed by atoms with E-state index in [1.165, 1.54) is 37.7 Å². The van der Waals surface area contributed by atoms with Crippen LogP contribution < -0.4 is 0 Å². The topological polar surface area (TPSA) is 26.3 Å². The highest BCUT2D eigenvalue weighted by molar-refractivity contribution is 6.69. The minimum Gasteiger partial charge on any atom is -0.414 e. The molecule has 0 aromatic heterocycles. The van der Waals surface area contributed by atoms with Gasteiger partial charge >= 0.3 is 0 Å². The molecule has 3 saturated carbocycles. The zero-order valence-corrected chi connectivity index (χ0v) is 17.8. The lowest BCUT2D eigenvalue weighted by Gasteiger charge is -2.56. The highest BCUT2D eigenvalue weighted by Crippen LogP contribution is 2.63. The van der Waals surface area contributed by atoms with Gasteiger partial charge in [0.1, 0.15) is 0 Å². The summed E-state index contributed by atoms with van der Waals surface area (Å²) < 4.78 is 6.69. The fourth-order valence-corrected chi connectivity index (χ4v) is 8.40. The fraction of sp³-hybridized carbons (Fsp3) is 0.864. The monoisotopic (exact) mass is 360 g/mol. The SMILES string of the molecule is C[C@@H]1CC2=CC(=O)CC[C@@H]2[C@H]2CC[C@]3(C)[C@@H](O[Si](C)(C)C)CC[C@H]3[C@@H]21. The predicted molar refractivity (Wildman–Crippen MR) is 105 cm³/mol. The number of hydrogen-bond acceptors (Lipinski definition) is 2. The Balaban J connectivity index is 1.60. The number of carbonyl (C=O) groups excluding carboxylic acids is 1. The molecule has 25 heavy (non-hydrogen) atoms. The standard InChI is InChI=1S/C22H36O2Si/c1-14-12-15-13-16(23)6-7-17(15)18-10-11-22(2)19(21(14)18)8-9-20(22)24-25(3,4)5/h13-14,17-21H,6-12H2,1-5H3/t14-,17+,18-,19+,20+,21-,22+/m1/s1. The van der Waals surface area contributed by atoms with Crippen molar-refractivity contribution in [3.05, 3.63) is 11.6 Å². The lowest BCUT2D eigenvalue weighted by atomic mass is 9.49. The van der Waals surface area contributed by atoms with Crippen molar-refractivity contribution in [2.45, 2.75) is 84.5 Å². The van der Waals surface area contributed by atoms with E-state index in [1.807, 2.05) is 6.08 Å². The van der Waals surface area contributed by atoms with Crippen molar-refractivity contribution < 1.29 is 9.22 Å². The molecule has 0 unspecified atom stereocenters. The summed E-state index contributed by atoms with van der Waals surface area (Å²) in [5.74, 6) is 4.33. The molecular weight excluding hydrogens is 324 g/mol. The van der Waals surface area contributed by atoms with Crippen LogP contribution in [0.15, 0.2) is 11.6 Å². The second-order valence-corrected chi connectivity index (χ2v) is 15.2. The Bertz CT molecular complexity index is 589. The van der Waals surface area contributed by atoms with Crippen LogP contribution in [0.3, 0.4) is 0 Å². The predicted octanol–water partition coefficient (Wildman–Crippen LogP) is 5.59. The Morgan fingerprint density at radius 2 is 1.92 bits per heavy atom. The summed E-state index contributed by atoms with van der Waals surface area (Å²) in [5, 5.41) is 0. The molecule has 0 bridgehead atoms. The van der Waals surface area contributed by atoms with Crippen LogP contribution in [-0.2, 0) is 9.22 Å². The molecule has 140 valence electrons. The fourth-order valence-electron chi connectivity index (χ4n) is 7.16. The molecule has 7 atom stereocenters. The second kappa shape index (κ2) is 6.05. The van der Waals surface area contributed by atoms with Crippen LogP contribution >= 0.6 is 0 Å². The molecule has 0 aromatic carbocycles. The molecule has 2 nitrogen and oxygen atoms in total. The number of fused-ring (bicyclic) bond motifs is 5. The van der Waals surface area contributed by atoms with Crippen molar-refractivity contribution in [3.63, 3.8) is 0 Å². The molecule has 4 aliphatic rings. The van der Waals surface area contributed by atoms with Gasteiger partial charge in [0.05, 0.1) is 6.10 Å². The largest absolute Gasteiger partial charge is 0.414 e. The summed E-state index contributed by atoms with van der Waals surface area (Å²) in [6.07, 6.45) is 10.9. The number of hydrogen-bond donors (Lipinski definition) is 0. The molecule has 4 rings (SSSR count). The third kappa shape index (κ3) is 2.99. The lowest BCUT2D eigenvalue weighted by molar-refractivity contribution is -0.116. The number of allylic oxidation sites excluding steroid dienone is 1. The van der Waals surface area contributed by atoms with E-state index in [9.17, 15) is 4.79 Å².